The lowest BCUT2D eigenvalue weighted by molar-refractivity contribution is -0.131. The van der Waals surface area contributed by atoms with Gasteiger partial charge in [-0.2, -0.15) is 0 Å². The second kappa shape index (κ2) is 9.64. The smallest absolute Gasteiger partial charge is 0.347 e. The molecule has 1 N–H and O–H groups in total. The van der Waals surface area contributed by atoms with Crippen molar-refractivity contribution in [2.75, 3.05) is 0 Å². The van der Waals surface area contributed by atoms with Crippen LogP contribution >= 0.6 is 0 Å². The fourth-order valence-electron chi connectivity index (χ4n) is 1.95. The van der Waals surface area contributed by atoms with Gasteiger partial charge in [0.1, 0.15) is 22.8 Å². The maximum absolute atomic E-state index is 11.7. The van der Waals surface area contributed by atoms with Gasteiger partial charge < -0.3 is 14.6 Å². The third kappa shape index (κ3) is 6.13. The Hall–Kier alpha value is -3.60. The van der Waals surface area contributed by atoms with Crippen LogP contribution in [0.25, 0.3) is 0 Å². The van der Waals surface area contributed by atoms with E-state index in [4.69, 9.17) is 9.47 Å². The van der Waals surface area contributed by atoms with E-state index in [9.17, 15) is 14.7 Å². The predicted molar refractivity (Wildman–Crippen MR) is 97.3 cm³/mol. The summed E-state index contributed by atoms with van der Waals surface area (Å²) in [4.78, 5) is 22.0. The number of esters is 2. The molecule has 3 rings (SSSR count). The Labute approximate surface area is 151 Å². The van der Waals surface area contributed by atoms with Crippen LogP contribution in [0.1, 0.15) is 17.3 Å². The molecule has 0 heterocycles. The van der Waals surface area contributed by atoms with Crippen molar-refractivity contribution in [1.82, 2.24) is 0 Å². The number of aromatic hydroxyl groups is 1. The highest BCUT2D eigenvalue weighted by Crippen LogP contribution is 2.18. The molecule has 132 valence electrons. The number of carbonyl (C=O) groups excluding carboxylic acids is 2. The maximum Gasteiger partial charge on any atom is 0.347 e. The third-order valence-electron chi connectivity index (χ3n) is 3.08. The predicted octanol–water partition coefficient (Wildman–Crippen LogP) is 4.22. The van der Waals surface area contributed by atoms with E-state index in [-0.39, 0.29) is 17.3 Å². The second-order valence-corrected chi connectivity index (χ2v) is 5.13. The molecule has 0 aromatic heterocycles. The molecule has 0 fully saturated rings. The summed E-state index contributed by atoms with van der Waals surface area (Å²) < 4.78 is 9.86. The van der Waals surface area contributed by atoms with Crippen molar-refractivity contribution in [3.05, 3.63) is 90.5 Å². The Morgan fingerprint density at radius 3 is 1.65 bits per heavy atom. The first-order valence-electron chi connectivity index (χ1n) is 7.85. The fourth-order valence-corrected chi connectivity index (χ4v) is 1.95. The molecule has 0 spiro atoms. The topological polar surface area (TPSA) is 72.8 Å². The minimum atomic E-state index is -0.565. The summed E-state index contributed by atoms with van der Waals surface area (Å²) in [6.45, 7) is 1.38. The van der Waals surface area contributed by atoms with Crippen LogP contribution in [0.4, 0.5) is 0 Å². The van der Waals surface area contributed by atoms with Crippen molar-refractivity contribution in [1.29, 1.82) is 0 Å². The Morgan fingerprint density at radius 2 is 1.15 bits per heavy atom. The molecule has 5 heteroatoms. The monoisotopic (exact) mass is 350 g/mol. The third-order valence-corrected chi connectivity index (χ3v) is 3.08. The average Bonchev–Trinajstić information content (AvgIpc) is 2.64. The zero-order valence-corrected chi connectivity index (χ0v) is 14.2. The summed E-state index contributed by atoms with van der Waals surface area (Å²) in [7, 11) is 0. The first-order valence-corrected chi connectivity index (χ1v) is 7.85. The first kappa shape index (κ1) is 18.7. The zero-order valence-electron chi connectivity index (χ0n) is 14.2. The minimum Gasteiger partial charge on any atom is -0.507 e. The maximum atomic E-state index is 11.7. The largest absolute Gasteiger partial charge is 0.507 e. The molecule has 26 heavy (non-hydrogen) atoms. The van der Waals surface area contributed by atoms with Crippen molar-refractivity contribution >= 4 is 11.9 Å². The Morgan fingerprint density at radius 1 is 0.692 bits per heavy atom. The van der Waals surface area contributed by atoms with E-state index >= 15 is 0 Å². The summed E-state index contributed by atoms with van der Waals surface area (Å²) >= 11 is 0. The summed E-state index contributed by atoms with van der Waals surface area (Å²) in [5.74, 6) is 0.115. The number of carbonyl (C=O) groups is 2. The normalized spacial score (nSPS) is 9.42. The van der Waals surface area contributed by atoms with Crippen molar-refractivity contribution in [3.63, 3.8) is 0 Å². The molecule has 0 aliphatic carbocycles. The van der Waals surface area contributed by atoms with Crippen molar-refractivity contribution in [2.24, 2.45) is 0 Å². The summed E-state index contributed by atoms with van der Waals surface area (Å²) in [6.07, 6.45) is 0. The van der Waals surface area contributed by atoms with E-state index in [1.165, 1.54) is 19.1 Å². The highest BCUT2D eigenvalue weighted by Gasteiger charge is 2.12. The number of phenolic OH excluding ortho intramolecular Hbond substituents is 1. The quantitative estimate of drug-likeness (QED) is 0.565. The Bertz CT molecular complexity index is 845. The van der Waals surface area contributed by atoms with Crippen LogP contribution in [-0.4, -0.2) is 17.0 Å². The lowest BCUT2D eigenvalue weighted by atomic mass is 10.2. The number of benzene rings is 3. The number of hydrogen-bond acceptors (Lipinski definition) is 5. The Balaban J connectivity index is 0.000000209. The molecule has 0 bridgehead atoms. The van der Waals surface area contributed by atoms with Crippen LogP contribution in [0.15, 0.2) is 84.9 Å². The minimum absolute atomic E-state index is 0.0802. The molecule has 0 aliphatic heterocycles. The average molecular weight is 350 g/mol. The summed E-state index contributed by atoms with van der Waals surface area (Å²) in [5.41, 5.74) is 0.159. The van der Waals surface area contributed by atoms with Crippen molar-refractivity contribution in [2.45, 2.75) is 6.92 Å². The molecule has 5 nitrogen and oxygen atoms in total. The number of ether oxygens (including phenoxy) is 2. The van der Waals surface area contributed by atoms with Gasteiger partial charge in [0, 0.05) is 6.92 Å². The highest BCUT2D eigenvalue weighted by molar-refractivity contribution is 5.93. The molecule has 0 amide bonds. The van der Waals surface area contributed by atoms with Gasteiger partial charge in [0.25, 0.3) is 0 Å². The van der Waals surface area contributed by atoms with E-state index in [2.05, 4.69) is 0 Å². The van der Waals surface area contributed by atoms with Crippen LogP contribution in [0, 0.1) is 0 Å². The molecule has 0 radical (unpaired) electrons. The number of rotatable bonds is 3. The van der Waals surface area contributed by atoms with E-state index in [1.54, 1.807) is 48.5 Å². The van der Waals surface area contributed by atoms with E-state index < -0.39 is 5.97 Å². The molecule has 0 unspecified atom stereocenters. The van der Waals surface area contributed by atoms with Gasteiger partial charge >= 0.3 is 11.9 Å². The summed E-state index contributed by atoms with van der Waals surface area (Å²) in [6, 6.07) is 24.0. The number of para-hydroxylation sites is 3. The van der Waals surface area contributed by atoms with Gasteiger partial charge in [-0.05, 0) is 36.4 Å². The molecule has 3 aromatic carbocycles. The molecule has 0 atom stereocenters. The second-order valence-electron chi connectivity index (χ2n) is 5.13. The molecule has 0 aliphatic rings. The fraction of sp³-hybridized carbons (Fsp3) is 0.0476. The first-order chi connectivity index (χ1) is 12.6. The highest BCUT2D eigenvalue weighted by atomic mass is 16.5. The van der Waals surface area contributed by atoms with Gasteiger partial charge in [0.05, 0.1) is 0 Å². The molecular weight excluding hydrogens is 332 g/mol. The van der Waals surface area contributed by atoms with Crippen LogP contribution in [0.2, 0.25) is 0 Å². The van der Waals surface area contributed by atoms with E-state index in [1.807, 2.05) is 24.3 Å². The van der Waals surface area contributed by atoms with Crippen molar-refractivity contribution in [3.8, 4) is 17.2 Å². The van der Waals surface area contributed by atoms with Gasteiger partial charge in [0.2, 0.25) is 0 Å². The van der Waals surface area contributed by atoms with Gasteiger partial charge in [-0.1, -0.05) is 48.5 Å². The molecule has 0 saturated heterocycles. The van der Waals surface area contributed by atoms with Gasteiger partial charge in [-0.25, -0.2) is 4.79 Å². The SMILES string of the molecule is CC(=O)Oc1ccccc1.O=C(Oc1ccccc1)c1ccccc1O. The van der Waals surface area contributed by atoms with E-state index in [0.717, 1.165) is 0 Å². The van der Waals surface area contributed by atoms with Crippen LogP contribution < -0.4 is 9.47 Å². The summed E-state index contributed by atoms with van der Waals surface area (Å²) in [5, 5.41) is 9.46. The van der Waals surface area contributed by atoms with Crippen LogP contribution in [-0.2, 0) is 4.79 Å². The van der Waals surface area contributed by atoms with Gasteiger partial charge in [0.15, 0.2) is 0 Å². The van der Waals surface area contributed by atoms with Crippen molar-refractivity contribution < 1.29 is 24.2 Å². The molecular formula is C21H18O5. The Kier molecular flexibility index (Phi) is 6.94. The standard InChI is InChI=1S/C13H10O3.C8H8O2/c14-12-9-5-4-8-11(12)13(15)16-10-6-2-1-3-7-10;1-7(9)10-8-5-3-2-4-6-8/h1-9,14H;2-6H,1H3. The number of phenols is 1. The lowest BCUT2D eigenvalue weighted by Crippen LogP contribution is -2.08. The lowest BCUT2D eigenvalue weighted by Gasteiger charge is -2.04. The van der Waals surface area contributed by atoms with E-state index in [0.29, 0.717) is 11.5 Å². The van der Waals surface area contributed by atoms with Gasteiger partial charge in [-0.3, -0.25) is 4.79 Å². The van der Waals surface area contributed by atoms with Crippen LogP contribution in [0.3, 0.4) is 0 Å². The molecule has 0 saturated carbocycles. The van der Waals surface area contributed by atoms with Gasteiger partial charge in [-0.15, -0.1) is 0 Å². The zero-order chi connectivity index (χ0) is 18.8. The number of hydrogen-bond donors (Lipinski definition) is 1. The van der Waals surface area contributed by atoms with Crippen LogP contribution in [0.5, 0.6) is 17.2 Å². The molecule has 3 aromatic rings.